The van der Waals surface area contributed by atoms with Crippen molar-refractivity contribution in [2.45, 2.75) is 6.42 Å². The number of hydrogen-bond donors (Lipinski definition) is 0. The van der Waals surface area contributed by atoms with E-state index in [1.165, 1.54) is 0 Å². The van der Waals surface area contributed by atoms with E-state index in [9.17, 15) is 0 Å². The van der Waals surface area contributed by atoms with Crippen molar-refractivity contribution in [1.82, 2.24) is 0 Å². The second-order valence-corrected chi connectivity index (χ2v) is 1.70. The zero-order valence-corrected chi connectivity index (χ0v) is 4.15. The van der Waals surface area contributed by atoms with E-state index in [1.807, 2.05) is 5.80 Å². The predicted molar refractivity (Wildman–Crippen MR) is 24.6 cm³/mol. The molecule has 1 heterocycles. The molecule has 0 radical (unpaired) electrons. The van der Waals surface area contributed by atoms with E-state index in [0.717, 1.165) is 14.9 Å². The maximum atomic E-state index is 4.53. The van der Waals surface area contributed by atoms with Crippen molar-refractivity contribution in [2.75, 3.05) is 6.61 Å². The largest absolute Gasteiger partial charge is 0.228 e. The fraction of sp³-hybridized carbons (Fsp3) is 0.667. The summed E-state index contributed by atoms with van der Waals surface area (Å²) in [6, 6.07) is 0. The molecule has 34 valence electrons. The van der Waals surface area contributed by atoms with Gasteiger partial charge in [0.15, 0.2) is 0 Å². The molecule has 0 unspecified atom stereocenters. The van der Waals surface area contributed by atoms with Gasteiger partial charge in [0.2, 0.25) is 0 Å². The van der Waals surface area contributed by atoms with Crippen LogP contribution in [0, 0.1) is 0 Å². The first-order valence-electron chi connectivity index (χ1n) is 1.80. The molecule has 0 amide bonds. The molecule has 0 saturated carbocycles. The second-order valence-electron chi connectivity index (χ2n) is 0.973. The second kappa shape index (κ2) is 2.30. The van der Waals surface area contributed by atoms with Crippen LogP contribution in [0.1, 0.15) is 6.42 Å². The first kappa shape index (κ1) is 4.25. The van der Waals surface area contributed by atoms with Crippen molar-refractivity contribution >= 4 is 14.2 Å². The Hall–Kier alpha value is 0.0900. The summed E-state index contributed by atoms with van der Waals surface area (Å²) in [5, 5.41) is 0. The molecular weight excluding hydrogens is 99.0 g/mol. The van der Waals surface area contributed by atoms with Crippen LogP contribution in [0.15, 0.2) is 0 Å². The first-order valence-corrected chi connectivity index (χ1v) is 2.69. The lowest BCUT2D eigenvalue weighted by Gasteiger charge is -1.98. The van der Waals surface area contributed by atoms with Crippen molar-refractivity contribution in [1.29, 1.82) is 0 Å². The van der Waals surface area contributed by atoms with E-state index in [4.69, 9.17) is 0 Å². The van der Waals surface area contributed by atoms with Crippen molar-refractivity contribution in [3.63, 3.8) is 0 Å². The van der Waals surface area contributed by atoms with Crippen LogP contribution in [0.5, 0.6) is 0 Å². The van der Waals surface area contributed by atoms with Crippen molar-refractivity contribution < 1.29 is 9.56 Å². The lowest BCUT2D eigenvalue weighted by atomic mass is 10.5. The van der Waals surface area contributed by atoms with E-state index in [-0.39, 0.29) is 0 Å². The molecule has 6 heavy (non-hydrogen) atoms. The zero-order valence-electron chi connectivity index (χ0n) is 3.26. The van der Waals surface area contributed by atoms with Crippen LogP contribution in [0.2, 0.25) is 0 Å². The molecule has 0 saturated heterocycles. The highest BCUT2D eigenvalue weighted by Gasteiger charge is 1.88. The molecule has 0 aromatic carbocycles. The minimum Gasteiger partial charge on any atom is -0.228 e. The summed E-state index contributed by atoms with van der Waals surface area (Å²) in [6.07, 6.45) is 1.02. The van der Waals surface area contributed by atoms with E-state index in [1.54, 1.807) is 0 Å². The minimum absolute atomic E-state index is 0.715. The van der Waals surface area contributed by atoms with E-state index in [2.05, 4.69) is 9.56 Å². The van der Waals surface area contributed by atoms with Crippen LogP contribution in [0.25, 0.3) is 0 Å². The quantitative estimate of drug-likeness (QED) is 0.337. The molecule has 0 aromatic heterocycles. The van der Waals surface area contributed by atoms with Gasteiger partial charge in [-0.2, -0.15) is 4.67 Å². The lowest BCUT2D eigenvalue weighted by molar-refractivity contribution is -0.193. The van der Waals surface area contributed by atoms with Gasteiger partial charge in [-0.1, -0.05) is 0 Å². The van der Waals surface area contributed by atoms with Gasteiger partial charge in [0.05, 0.1) is 15.0 Å². The summed E-state index contributed by atoms with van der Waals surface area (Å²) >= 11 is 0. The summed E-state index contributed by atoms with van der Waals surface area (Å²) in [5.74, 6) is 2.02. The maximum absolute atomic E-state index is 4.53. The van der Waals surface area contributed by atoms with Gasteiger partial charge in [-0.15, -0.1) is 0 Å². The van der Waals surface area contributed by atoms with Crippen molar-refractivity contribution in [2.24, 2.45) is 0 Å². The van der Waals surface area contributed by atoms with Crippen molar-refractivity contribution in [3.8, 4) is 0 Å². The molecule has 3 heteroatoms. The average Bonchev–Trinajstić information content (AvgIpc) is 1.72. The molecule has 1 rings (SSSR count). The Labute approximate surface area is 37.9 Å². The third-order valence-electron chi connectivity index (χ3n) is 0.501. The predicted octanol–water partition coefficient (Wildman–Crippen LogP) is 1.00. The van der Waals surface area contributed by atoms with E-state index >= 15 is 0 Å². The van der Waals surface area contributed by atoms with E-state index < -0.39 is 0 Å². The molecule has 0 bridgehead atoms. The van der Waals surface area contributed by atoms with Gasteiger partial charge in [0, 0.05) is 0 Å². The molecule has 0 fully saturated rings. The fourth-order valence-electron chi connectivity index (χ4n) is 0.252. The summed E-state index contributed by atoms with van der Waals surface area (Å²) in [4.78, 5) is 4.53. The molecule has 0 N–H and O–H groups in total. The van der Waals surface area contributed by atoms with Gasteiger partial charge in [-0.3, -0.25) is 0 Å². The fourth-order valence-corrected chi connectivity index (χ4v) is 0.659. The summed E-state index contributed by atoms with van der Waals surface area (Å²) in [6.45, 7) is 0.715. The van der Waals surface area contributed by atoms with Crippen molar-refractivity contribution in [3.05, 3.63) is 0 Å². The summed E-state index contributed by atoms with van der Waals surface area (Å²) < 4.78 is 4.49. The Balaban J connectivity index is 2.26. The molecular formula is C3H5O2P. The highest BCUT2D eigenvalue weighted by molar-refractivity contribution is 7.32. The normalized spacial score (nSPS) is 24.0. The van der Waals surface area contributed by atoms with Crippen LogP contribution in [-0.4, -0.2) is 12.4 Å². The van der Waals surface area contributed by atoms with Crippen LogP contribution in [0.3, 0.4) is 0 Å². The van der Waals surface area contributed by atoms with Crippen LogP contribution >= 0.6 is 8.43 Å². The van der Waals surface area contributed by atoms with Gasteiger partial charge < -0.3 is 0 Å². The molecule has 0 aliphatic carbocycles. The Bertz CT molecular complexity index is 53.8. The van der Waals surface area contributed by atoms with Crippen LogP contribution in [-0.2, 0) is 9.56 Å². The zero-order chi connectivity index (χ0) is 4.24. The van der Waals surface area contributed by atoms with Crippen LogP contribution in [0.4, 0.5) is 0 Å². The maximum Gasteiger partial charge on any atom is 0.0949 e. The Morgan fingerprint density at radius 1 is 1.67 bits per heavy atom. The molecule has 0 aromatic rings. The lowest BCUT2D eigenvalue weighted by Crippen LogP contribution is -1.93. The van der Waals surface area contributed by atoms with Gasteiger partial charge >= 0.3 is 0 Å². The van der Waals surface area contributed by atoms with Gasteiger partial charge in [-0.25, -0.2) is 4.89 Å². The van der Waals surface area contributed by atoms with Gasteiger partial charge in [0.1, 0.15) is 0 Å². The Morgan fingerprint density at radius 3 is 2.83 bits per heavy atom. The Kier molecular flexibility index (Phi) is 1.63. The molecule has 0 atom stereocenters. The highest BCUT2D eigenvalue weighted by atomic mass is 31.1. The smallest absolute Gasteiger partial charge is 0.0949 e. The molecule has 0 spiro atoms. The minimum atomic E-state index is 0.715. The van der Waals surface area contributed by atoms with Crippen LogP contribution < -0.4 is 0 Å². The number of hydrogen-bond acceptors (Lipinski definition) is 2. The standard InChI is InChI=1S/C3H5O2P/c1-2-4-5-6-3-1/h3H,1-2H2. The van der Waals surface area contributed by atoms with Gasteiger partial charge in [-0.05, 0) is 12.2 Å². The first-order chi connectivity index (χ1) is 3.00. The third kappa shape index (κ3) is 1.05. The average molecular weight is 104 g/mol. The molecule has 2 nitrogen and oxygen atoms in total. The van der Waals surface area contributed by atoms with E-state index in [0.29, 0.717) is 6.61 Å². The number of rotatable bonds is 0. The summed E-state index contributed by atoms with van der Waals surface area (Å²) in [5.41, 5.74) is 0. The molecule has 1 aliphatic rings. The third-order valence-corrected chi connectivity index (χ3v) is 1.10. The monoisotopic (exact) mass is 104 g/mol. The molecule has 1 aliphatic heterocycles. The Morgan fingerprint density at radius 2 is 2.67 bits per heavy atom. The summed E-state index contributed by atoms with van der Waals surface area (Å²) in [7, 11) is 0.851. The topological polar surface area (TPSA) is 18.5 Å². The highest BCUT2D eigenvalue weighted by Crippen LogP contribution is 2.03. The van der Waals surface area contributed by atoms with Gasteiger partial charge in [0.25, 0.3) is 0 Å². The SMILES string of the molecule is C1=POOCC1.